The van der Waals surface area contributed by atoms with Gasteiger partial charge in [0.2, 0.25) is 0 Å². The van der Waals surface area contributed by atoms with Crippen LogP contribution in [-0.2, 0) is 9.47 Å². The molecule has 0 spiro atoms. The molecule has 2 saturated carbocycles. The van der Waals surface area contributed by atoms with Gasteiger partial charge in [-0.3, -0.25) is 0 Å². The molecule has 0 N–H and O–H groups in total. The maximum absolute atomic E-state index is 6.15. The lowest BCUT2D eigenvalue weighted by atomic mass is 9.84. The second kappa shape index (κ2) is 15.8. The van der Waals surface area contributed by atoms with Gasteiger partial charge in [0, 0.05) is 13.2 Å². The van der Waals surface area contributed by atoms with E-state index in [1.54, 1.807) is 0 Å². The molecule has 0 saturated heterocycles. The summed E-state index contributed by atoms with van der Waals surface area (Å²) in [6, 6.07) is 0. The molecular weight excluding hydrogens is 332 g/mol. The number of unbranched alkanes of at least 4 members (excludes halogenated alkanes) is 7. The average molecular weight is 381 g/mol. The molecule has 160 valence electrons. The quantitative estimate of drug-likeness (QED) is 0.269. The third kappa shape index (κ3) is 11.5. The van der Waals surface area contributed by atoms with E-state index in [9.17, 15) is 0 Å². The zero-order chi connectivity index (χ0) is 19.0. The van der Waals surface area contributed by atoms with E-state index < -0.39 is 0 Å². The molecule has 2 fully saturated rings. The second-order valence-corrected chi connectivity index (χ2v) is 9.26. The lowest BCUT2D eigenvalue weighted by Crippen LogP contribution is -2.22. The fraction of sp³-hybridized carbons (Fsp3) is 1.00. The Morgan fingerprint density at radius 2 is 1.11 bits per heavy atom. The number of hydrogen-bond acceptors (Lipinski definition) is 2. The van der Waals surface area contributed by atoms with Gasteiger partial charge < -0.3 is 9.47 Å². The molecule has 0 bridgehead atoms. The van der Waals surface area contributed by atoms with Crippen molar-refractivity contribution in [2.75, 3.05) is 13.2 Å². The van der Waals surface area contributed by atoms with Crippen molar-refractivity contribution in [3.05, 3.63) is 0 Å². The number of rotatable bonds is 15. The fourth-order valence-electron chi connectivity index (χ4n) is 4.91. The Kier molecular flexibility index (Phi) is 13.6. The van der Waals surface area contributed by atoms with Crippen molar-refractivity contribution in [3.8, 4) is 0 Å². The average Bonchev–Trinajstić information content (AvgIpc) is 2.71. The Hall–Kier alpha value is -0.0800. The third-order valence-electron chi connectivity index (χ3n) is 6.81. The zero-order valence-electron chi connectivity index (χ0n) is 18.4. The standard InChI is InChI=1S/C25H48O2/c1-2-3-9-14-23-17-19-25(20-18-23)27-22-13-7-5-4-6-12-21-26-24-15-10-8-11-16-24/h23-25H,2-22H2,1H3. The lowest BCUT2D eigenvalue weighted by molar-refractivity contribution is 0.0149. The smallest absolute Gasteiger partial charge is 0.0575 e. The molecule has 27 heavy (non-hydrogen) atoms. The maximum atomic E-state index is 6.15. The molecule has 2 nitrogen and oxygen atoms in total. The van der Waals surface area contributed by atoms with Gasteiger partial charge in [-0.15, -0.1) is 0 Å². The molecular formula is C25H48O2. The molecule has 0 unspecified atom stereocenters. The van der Waals surface area contributed by atoms with E-state index in [0.29, 0.717) is 12.2 Å². The summed E-state index contributed by atoms with van der Waals surface area (Å²) in [5.41, 5.74) is 0. The van der Waals surface area contributed by atoms with Gasteiger partial charge in [-0.05, 0) is 57.3 Å². The number of hydrogen-bond donors (Lipinski definition) is 0. The Bertz CT molecular complexity index is 316. The maximum Gasteiger partial charge on any atom is 0.0575 e. The second-order valence-electron chi connectivity index (χ2n) is 9.26. The van der Waals surface area contributed by atoms with Crippen LogP contribution in [-0.4, -0.2) is 25.4 Å². The molecule has 0 amide bonds. The van der Waals surface area contributed by atoms with E-state index >= 15 is 0 Å². The van der Waals surface area contributed by atoms with E-state index in [2.05, 4.69) is 6.92 Å². The minimum atomic E-state index is 0.573. The Labute approximate surface area is 170 Å². The van der Waals surface area contributed by atoms with Crippen LogP contribution in [0.3, 0.4) is 0 Å². The molecule has 2 rings (SSSR count). The largest absolute Gasteiger partial charge is 0.378 e. The van der Waals surface area contributed by atoms with Crippen LogP contribution in [0.4, 0.5) is 0 Å². The molecule has 0 aromatic carbocycles. The Balaban J connectivity index is 1.30. The highest BCUT2D eigenvalue weighted by atomic mass is 16.5. The first-order valence-corrected chi connectivity index (χ1v) is 12.6. The van der Waals surface area contributed by atoms with Crippen LogP contribution in [0.2, 0.25) is 0 Å². The predicted molar refractivity (Wildman–Crippen MR) is 116 cm³/mol. The van der Waals surface area contributed by atoms with Crippen molar-refractivity contribution in [2.45, 2.75) is 141 Å². The van der Waals surface area contributed by atoms with Crippen molar-refractivity contribution < 1.29 is 9.47 Å². The fourth-order valence-corrected chi connectivity index (χ4v) is 4.91. The van der Waals surface area contributed by atoms with Gasteiger partial charge in [-0.1, -0.05) is 77.6 Å². The van der Waals surface area contributed by atoms with E-state index in [1.165, 1.54) is 122 Å². The molecule has 0 atom stereocenters. The van der Waals surface area contributed by atoms with Crippen LogP contribution < -0.4 is 0 Å². The van der Waals surface area contributed by atoms with Crippen molar-refractivity contribution in [3.63, 3.8) is 0 Å². The first-order chi connectivity index (χ1) is 13.4. The van der Waals surface area contributed by atoms with Crippen LogP contribution in [0.15, 0.2) is 0 Å². The van der Waals surface area contributed by atoms with Crippen LogP contribution in [0.25, 0.3) is 0 Å². The van der Waals surface area contributed by atoms with Crippen LogP contribution in [0.5, 0.6) is 0 Å². The SMILES string of the molecule is CCCCCC1CCC(OCCCCCCCCOC2CCCCC2)CC1. The molecule has 2 aliphatic carbocycles. The Morgan fingerprint density at radius 1 is 0.556 bits per heavy atom. The van der Waals surface area contributed by atoms with Crippen molar-refractivity contribution in [1.82, 2.24) is 0 Å². The van der Waals surface area contributed by atoms with Gasteiger partial charge in [-0.25, -0.2) is 0 Å². The zero-order valence-corrected chi connectivity index (χ0v) is 18.4. The molecule has 2 aliphatic rings. The topological polar surface area (TPSA) is 18.5 Å². The number of ether oxygens (including phenoxy) is 2. The van der Waals surface area contributed by atoms with Crippen molar-refractivity contribution in [1.29, 1.82) is 0 Å². The molecule has 0 heterocycles. The van der Waals surface area contributed by atoms with Gasteiger partial charge >= 0.3 is 0 Å². The third-order valence-corrected chi connectivity index (χ3v) is 6.81. The van der Waals surface area contributed by atoms with Gasteiger partial charge in [0.05, 0.1) is 12.2 Å². The van der Waals surface area contributed by atoms with E-state index in [0.717, 1.165) is 19.1 Å². The summed E-state index contributed by atoms with van der Waals surface area (Å²) in [6.07, 6.45) is 27.0. The normalized spacial score (nSPS) is 24.3. The van der Waals surface area contributed by atoms with Gasteiger partial charge in [0.25, 0.3) is 0 Å². The molecule has 2 heteroatoms. The van der Waals surface area contributed by atoms with Crippen molar-refractivity contribution >= 4 is 0 Å². The predicted octanol–water partition coefficient (Wildman–Crippen LogP) is 7.83. The molecule has 0 aromatic heterocycles. The van der Waals surface area contributed by atoms with Crippen LogP contribution in [0.1, 0.15) is 129 Å². The van der Waals surface area contributed by atoms with Gasteiger partial charge in [-0.2, -0.15) is 0 Å². The summed E-state index contributed by atoms with van der Waals surface area (Å²) in [5.74, 6) is 0.999. The van der Waals surface area contributed by atoms with E-state index in [-0.39, 0.29) is 0 Å². The molecule has 0 aliphatic heterocycles. The summed E-state index contributed by atoms with van der Waals surface area (Å²) >= 11 is 0. The first kappa shape index (κ1) is 23.2. The summed E-state index contributed by atoms with van der Waals surface area (Å²) in [6.45, 7) is 4.29. The summed E-state index contributed by atoms with van der Waals surface area (Å²) in [7, 11) is 0. The highest BCUT2D eigenvalue weighted by molar-refractivity contribution is 4.73. The van der Waals surface area contributed by atoms with Gasteiger partial charge in [0.1, 0.15) is 0 Å². The summed E-state index contributed by atoms with van der Waals surface area (Å²) < 4.78 is 12.2. The highest BCUT2D eigenvalue weighted by Crippen LogP contribution is 2.30. The van der Waals surface area contributed by atoms with E-state index in [1.807, 2.05) is 0 Å². The highest BCUT2D eigenvalue weighted by Gasteiger charge is 2.21. The minimum absolute atomic E-state index is 0.573. The van der Waals surface area contributed by atoms with E-state index in [4.69, 9.17) is 9.47 Å². The minimum Gasteiger partial charge on any atom is -0.378 e. The van der Waals surface area contributed by atoms with Gasteiger partial charge in [0.15, 0.2) is 0 Å². The Morgan fingerprint density at radius 3 is 1.70 bits per heavy atom. The summed E-state index contributed by atoms with van der Waals surface area (Å²) in [5, 5.41) is 0. The molecule has 0 radical (unpaired) electrons. The monoisotopic (exact) mass is 380 g/mol. The first-order valence-electron chi connectivity index (χ1n) is 12.6. The lowest BCUT2D eigenvalue weighted by Gasteiger charge is -2.28. The summed E-state index contributed by atoms with van der Waals surface area (Å²) in [4.78, 5) is 0. The van der Waals surface area contributed by atoms with Crippen LogP contribution >= 0.6 is 0 Å². The molecule has 0 aromatic rings. The van der Waals surface area contributed by atoms with Crippen molar-refractivity contribution in [2.24, 2.45) is 5.92 Å². The van der Waals surface area contributed by atoms with Crippen LogP contribution in [0, 0.1) is 5.92 Å².